The minimum absolute atomic E-state index is 0.269. The van der Waals surface area contributed by atoms with Crippen molar-refractivity contribution in [3.8, 4) is 0 Å². The average Bonchev–Trinajstić information content (AvgIpc) is 2.40. The van der Waals surface area contributed by atoms with Crippen LogP contribution in [-0.2, 0) is 4.74 Å². The Bertz CT molecular complexity index is 620. The van der Waals surface area contributed by atoms with Crippen molar-refractivity contribution in [1.29, 1.82) is 0 Å². The molecule has 2 aromatic heterocycles. The molecule has 1 atom stereocenters. The Kier molecular flexibility index (Phi) is 3.48. The predicted molar refractivity (Wildman–Crippen MR) is 77.2 cm³/mol. The molecule has 2 aromatic rings. The molecule has 4 nitrogen and oxygen atoms in total. The number of morpholine rings is 1. The van der Waals surface area contributed by atoms with Crippen molar-refractivity contribution in [3.63, 3.8) is 0 Å². The molecule has 0 radical (unpaired) electrons. The van der Waals surface area contributed by atoms with E-state index >= 15 is 0 Å². The second kappa shape index (κ2) is 5.12. The first-order chi connectivity index (χ1) is 9.16. The van der Waals surface area contributed by atoms with Crippen molar-refractivity contribution in [2.24, 2.45) is 0 Å². The van der Waals surface area contributed by atoms with E-state index in [1.807, 2.05) is 12.1 Å². The Hall–Kier alpha value is -1.10. The summed E-state index contributed by atoms with van der Waals surface area (Å²) in [6, 6.07) is 3.97. The lowest BCUT2D eigenvalue weighted by Gasteiger charge is -2.34. The van der Waals surface area contributed by atoms with Gasteiger partial charge in [0.15, 0.2) is 5.15 Å². The molecule has 1 aliphatic heterocycles. The lowest BCUT2D eigenvalue weighted by molar-refractivity contribution is 0.0986. The van der Waals surface area contributed by atoms with E-state index in [9.17, 15) is 0 Å². The molecule has 1 fully saturated rings. The zero-order valence-corrected chi connectivity index (χ0v) is 11.9. The van der Waals surface area contributed by atoms with Gasteiger partial charge in [-0.15, -0.1) is 0 Å². The number of ether oxygens (including phenoxy) is 1. The van der Waals surface area contributed by atoms with E-state index < -0.39 is 0 Å². The fourth-order valence-corrected chi connectivity index (χ4v) is 2.73. The normalized spacial score (nSPS) is 19.9. The van der Waals surface area contributed by atoms with Crippen LogP contribution in [0.5, 0.6) is 0 Å². The first-order valence-electron chi connectivity index (χ1n) is 6.12. The highest BCUT2D eigenvalue weighted by Crippen LogP contribution is 2.30. The molecule has 19 heavy (non-hydrogen) atoms. The molecule has 0 unspecified atom stereocenters. The molecule has 3 rings (SSSR count). The van der Waals surface area contributed by atoms with Gasteiger partial charge in [-0.2, -0.15) is 0 Å². The van der Waals surface area contributed by atoms with Gasteiger partial charge in [-0.25, -0.2) is 9.97 Å². The molecular weight excluding hydrogens is 285 g/mol. The number of fused-ring (bicyclic) bond motifs is 1. The summed E-state index contributed by atoms with van der Waals surface area (Å²) < 4.78 is 5.43. The van der Waals surface area contributed by atoms with E-state index in [-0.39, 0.29) is 6.04 Å². The molecule has 3 heterocycles. The monoisotopic (exact) mass is 297 g/mol. The molecule has 0 amide bonds. The van der Waals surface area contributed by atoms with Gasteiger partial charge in [-0.05, 0) is 19.1 Å². The molecule has 0 bridgehead atoms. The molecule has 6 heteroatoms. The third-order valence-electron chi connectivity index (χ3n) is 3.28. The standard InChI is InChI=1S/C13H13Cl2N3O/c1-8-7-19-5-4-18(8)11-6-10(14)9-2-3-16-13(15)12(9)17-11/h2-3,6,8H,4-5,7H2,1H3/t8-/m1/s1. The van der Waals surface area contributed by atoms with Gasteiger partial charge in [-0.1, -0.05) is 23.2 Å². The van der Waals surface area contributed by atoms with Crippen molar-refractivity contribution in [2.75, 3.05) is 24.7 Å². The number of aromatic nitrogens is 2. The molecule has 0 aromatic carbocycles. The van der Waals surface area contributed by atoms with Gasteiger partial charge in [0, 0.05) is 18.1 Å². The molecule has 0 aliphatic carbocycles. The summed E-state index contributed by atoms with van der Waals surface area (Å²) in [5, 5.41) is 1.84. The fourth-order valence-electron chi connectivity index (χ4n) is 2.28. The van der Waals surface area contributed by atoms with Crippen LogP contribution in [0, 0.1) is 0 Å². The van der Waals surface area contributed by atoms with Crippen molar-refractivity contribution >= 4 is 39.9 Å². The van der Waals surface area contributed by atoms with E-state index in [0.29, 0.717) is 28.9 Å². The summed E-state index contributed by atoms with van der Waals surface area (Å²) in [5.41, 5.74) is 0.644. The molecule has 0 N–H and O–H groups in total. The summed E-state index contributed by atoms with van der Waals surface area (Å²) in [6.07, 6.45) is 1.63. The smallest absolute Gasteiger partial charge is 0.155 e. The van der Waals surface area contributed by atoms with Crippen molar-refractivity contribution < 1.29 is 4.74 Å². The number of anilines is 1. The van der Waals surface area contributed by atoms with E-state index in [0.717, 1.165) is 17.7 Å². The third-order valence-corrected chi connectivity index (χ3v) is 3.87. The quantitative estimate of drug-likeness (QED) is 0.758. The number of pyridine rings is 2. The van der Waals surface area contributed by atoms with Gasteiger partial charge in [0.05, 0.1) is 24.3 Å². The number of hydrogen-bond acceptors (Lipinski definition) is 4. The average molecular weight is 298 g/mol. The number of hydrogen-bond donors (Lipinski definition) is 0. The Morgan fingerprint density at radius 1 is 1.42 bits per heavy atom. The topological polar surface area (TPSA) is 38.2 Å². The summed E-state index contributed by atoms with van der Waals surface area (Å²) in [6.45, 7) is 4.29. The Balaban J connectivity index is 2.12. The van der Waals surface area contributed by atoms with Crippen molar-refractivity contribution in [3.05, 3.63) is 28.5 Å². The van der Waals surface area contributed by atoms with Crippen LogP contribution in [0.25, 0.3) is 10.9 Å². The van der Waals surface area contributed by atoms with Crippen LogP contribution < -0.4 is 4.90 Å². The molecule has 0 saturated carbocycles. The zero-order chi connectivity index (χ0) is 13.4. The maximum atomic E-state index is 6.32. The summed E-state index contributed by atoms with van der Waals surface area (Å²) >= 11 is 12.4. The van der Waals surface area contributed by atoms with Crippen molar-refractivity contribution in [2.45, 2.75) is 13.0 Å². The third kappa shape index (κ3) is 2.36. The van der Waals surface area contributed by atoms with E-state index in [1.54, 1.807) is 6.20 Å². The van der Waals surface area contributed by atoms with Crippen LogP contribution in [0.4, 0.5) is 5.82 Å². The SMILES string of the molecule is C[C@@H]1COCCN1c1cc(Cl)c2ccnc(Cl)c2n1. The van der Waals surface area contributed by atoms with Crippen molar-refractivity contribution in [1.82, 2.24) is 9.97 Å². The van der Waals surface area contributed by atoms with E-state index in [4.69, 9.17) is 27.9 Å². The fraction of sp³-hybridized carbons (Fsp3) is 0.385. The number of nitrogens with zero attached hydrogens (tertiary/aromatic N) is 3. The zero-order valence-electron chi connectivity index (χ0n) is 10.4. The molecule has 100 valence electrons. The van der Waals surface area contributed by atoms with Crippen LogP contribution in [0.3, 0.4) is 0 Å². The van der Waals surface area contributed by atoms with Crippen LogP contribution in [0.15, 0.2) is 18.3 Å². The number of halogens is 2. The van der Waals surface area contributed by atoms with Crippen LogP contribution in [0.2, 0.25) is 10.2 Å². The minimum Gasteiger partial charge on any atom is -0.377 e. The molecule has 0 spiro atoms. The van der Waals surface area contributed by atoms with Crippen LogP contribution >= 0.6 is 23.2 Å². The highest BCUT2D eigenvalue weighted by molar-refractivity contribution is 6.38. The van der Waals surface area contributed by atoms with Gasteiger partial charge in [0.1, 0.15) is 11.3 Å². The van der Waals surface area contributed by atoms with Crippen LogP contribution in [-0.4, -0.2) is 35.8 Å². The highest BCUT2D eigenvalue weighted by Gasteiger charge is 2.21. The molecule has 1 aliphatic rings. The maximum absolute atomic E-state index is 6.32. The molecule has 1 saturated heterocycles. The summed E-state index contributed by atoms with van der Waals surface area (Å²) in [4.78, 5) is 10.8. The Labute approximate surface area is 121 Å². The predicted octanol–water partition coefficient (Wildman–Crippen LogP) is 3.16. The second-order valence-corrected chi connectivity index (χ2v) is 5.34. The minimum atomic E-state index is 0.269. The van der Waals surface area contributed by atoms with Gasteiger partial charge < -0.3 is 9.64 Å². The van der Waals surface area contributed by atoms with Gasteiger partial charge >= 0.3 is 0 Å². The van der Waals surface area contributed by atoms with E-state index in [2.05, 4.69) is 21.8 Å². The lowest BCUT2D eigenvalue weighted by atomic mass is 10.2. The molecular formula is C13H13Cl2N3O. The second-order valence-electron chi connectivity index (χ2n) is 4.58. The lowest BCUT2D eigenvalue weighted by Crippen LogP contribution is -2.44. The van der Waals surface area contributed by atoms with Gasteiger partial charge in [0.2, 0.25) is 0 Å². The maximum Gasteiger partial charge on any atom is 0.155 e. The Morgan fingerprint density at radius 3 is 3.05 bits per heavy atom. The first kappa shape index (κ1) is 12.9. The van der Waals surface area contributed by atoms with Gasteiger partial charge in [-0.3, -0.25) is 0 Å². The Morgan fingerprint density at radius 2 is 2.26 bits per heavy atom. The number of rotatable bonds is 1. The van der Waals surface area contributed by atoms with Gasteiger partial charge in [0.25, 0.3) is 0 Å². The highest BCUT2D eigenvalue weighted by atomic mass is 35.5. The summed E-state index contributed by atoms with van der Waals surface area (Å²) in [5.74, 6) is 0.822. The largest absolute Gasteiger partial charge is 0.377 e. The van der Waals surface area contributed by atoms with Crippen LogP contribution in [0.1, 0.15) is 6.92 Å². The van der Waals surface area contributed by atoms with E-state index in [1.165, 1.54) is 0 Å². The first-order valence-corrected chi connectivity index (χ1v) is 6.87. The summed E-state index contributed by atoms with van der Waals surface area (Å²) in [7, 11) is 0.